The summed E-state index contributed by atoms with van der Waals surface area (Å²) in [6, 6.07) is 7.31. The van der Waals surface area contributed by atoms with Crippen molar-refractivity contribution in [2.75, 3.05) is 26.6 Å². The number of methoxy groups -OCH3 is 3. The second kappa shape index (κ2) is 6.43. The largest absolute Gasteiger partial charge is 0.497 e. The Morgan fingerprint density at radius 2 is 1.79 bits per heavy atom. The number of benzene rings is 1. The average Bonchev–Trinajstić information content (AvgIpc) is 2.45. The molecule has 0 aliphatic rings. The van der Waals surface area contributed by atoms with Crippen LogP contribution in [0, 0.1) is 0 Å². The number of anilines is 1. The Balaban J connectivity index is 2.96. The standard InChI is InChI=1S/C14H21NO4/c1-10(17-3)14(2,13(16)19-5)15-11-6-8-12(18-4)9-7-11/h6-10,15H,1-5H3. The van der Waals surface area contributed by atoms with Crippen molar-refractivity contribution in [3.63, 3.8) is 0 Å². The minimum Gasteiger partial charge on any atom is -0.497 e. The lowest BCUT2D eigenvalue weighted by Gasteiger charge is -2.33. The van der Waals surface area contributed by atoms with E-state index < -0.39 is 5.54 Å². The molecule has 2 unspecified atom stereocenters. The predicted octanol–water partition coefficient (Wildman–Crippen LogP) is 2.07. The van der Waals surface area contributed by atoms with E-state index >= 15 is 0 Å². The summed E-state index contributed by atoms with van der Waals surface area (Å²) >= 11 is 0. The quantitative estimate of drug-likeness (QED) is 0.800. The Morgan fingerprint density at radius 1 is 1.21 bits per heavy atom. The first-order chi connectivity index (χ1) is 8.97. The first-order valence-electron chi connectivity index (χ1n) is 6.01. The molecule has 0 radical (unpaired) electrons. The van der Waals surface area contributed by atoms with Gasteiger partial charge in [0, 0.05) is 12.8 Å². The SMILES string of the molecule is COC(=O)C(C)(Nc1ccc(OC)cc1)C(C)OC. The van der Waals surface area contributed by atoms with E-state index in [9.17, 15) is 4.79 Å². The van der Waals surface area contributed by atoms with E-state index in [0.29, 0.717) is 0 Å². The van der Waals surface area contributed by atoms with Gasteiger partial charge in [-0.15, -0.1) is 0 Å². The van der Waals surface area contributed by atoms with Gasteiger partial charge >= 0.3 is 5.97 Å². The highest BCUT2D eigenvalue weighted by molar-refractivity contribution is 5.84. The molecule has 2 atom stereocenters. The van der Waals surface area contributed by atoms with Gasteiger partial charge in [-0.25, -0.2) is 4.79 Å². The molecule has 0 spiro atoms. The fourth-order valence-electron chi connectivity index (χ4n) is 1.74. The van der Waals surface area contributed by atoms with Gasteiger partial charge in [-0.2, -0.15) is 0 Å². The summed E-state index contributed by atoms with van der Waals surface area (Å²) in [4.78, 5) is 12.0. The number of ether oxygens (including phenoxy) is 3. The van der Waals surface area contributed by atoms with Crippen LogP contribution in [-0.4, -0.2) is 38.9 Å². The molecule has 1 aromatic rings. The lowest BCUT2D eigenvalue weighted by molar-refractivity contribution is -0.149. The van der Waals surface area contributed by atoms with Crippen LogP contribution in [0.15, 0.2) is 24.3 Å². The molecule has 106 valence electrons. The second-order valence-electron chi connectivity index (χ2n) is 4.43. The highest BCUT2D eigenvalue weighted by atomic mass is 16.5. The topological polar surface area (TPSA) is 56.8 Å². The summed E-state index contributed by atoms with van der Waals surface area (Å²) in [5.41, 5.74) is -0.171. The van der Waals surface area contributed by atoms with Gasteiger partial charge in [-0.05, 0) is 38.1 Å². The second-order valence-corrected chi connectivity index (χ2v) is 4.43. The van der Waals surface area contributed by atoms with Crippen molar-refractivity contribution >= 4 is 11.7 Å². The van der Waals surface area contributed by atoms with Crippen molar-refractivity contribution in [1.29, 1.82) is 0 Å². The number of rotatable bonds is 6. The molecule has 5 heteroatoms. The van der Waals surface area contributed by atoms with Crippen LogP contribution in [0.3, 0.4) is 0 Å². The minimum atomic E-state index is -0.960. The lowest BCUT2D eigenvalue weighted by Crippen LogP contribution is -2.53. The molecule has 0 saturated carbocycles. The summed E-state index contributed by atoms with van der Waals surface area (Å²) in [6.07, 6.45) is -0.345. The molecule has 0 aromatic heterocycles. The van der Waals surface area contributed by atoms with Gasteiger partial charge in [0.2, 0.25) is 0 Å². The van der Waals surface area contributed by atoms with E-state index in [0.717, 1.165) is 11.4 Å². The van der Waals surface area contributed by atoms with Crippen molar-refractivity contribution in [3.8, 4) is 5.75 Å². The number of carbonyl (C=O) groups excluding carboxylic acids is 1. The van der Waals surface area contributed by atoms with Gasteiger partial charge in [-0.1, -0.05) is 0 Å². The molecule has 19 heavy (non-hydrogen) atoms. The molecular formula is C14H21NO4. The van der Waals surface area contributed by atoms with Gasteiger partial charge < -0.3 is 19.5 Å². The van der Waals surface area contributed by atoms with Gasteiger partial charge in [0.05, 0.1) is 20.3 Å². The lowest BCUT2D eigenvalue weighted by atomic mass is 9.95. The van der Waals surface area contributed by atoms with E-state index in [1.807, 2.05) is 31.2 Å². The first-order valence-corrected chi connectivity index (χ1v) is 6.01. The van der Waals surface area contributed by atoms with Crippen LogP contribution < -0.4 is 10.1 Å². The van der Waals surface area contributed by atoms with Crippen molar-refractivity contribution < 1.29 is 19.0 Å². The van der Waals surface area contributed by atoms with Crippen molar-refractivity contribution in [2.45, 2.75) is 25.5 Å². The number of hydrogen-bond acceptors (Lipinski definition) is 5. The molecule has 0 aliphatic carbocycles. The van der Waals surface area contributed by atoms with Crippen LogP contribution in [-0.2, 0) is 14.3 Å². The zero-order valence-electron chi connectivity index (χ0n) is 12.0. The van der Waals surface area contributed by atoms with Crippen LogP contribution in [0.4, 0.5) is 5.69 Å². The average molecular weight is 267 g/mol. The molecule has 0 aliphatic heterocycles. The third-order valence-corrected chi connectivity index (χ3v) is 3.27. The highest BCUT2D eigenvalue weighted by Crippen LogP contribution is 2.23. The molecule has 0 fully saturated rings. The first kappa shape index (κ1) is 15.3. The Bertz CT molecular complexity index is 418. The number of hydrogen-bond donors (Lipinski definition) is 1. The van der Waals surface area contributed by atoms with Crippen LogP contribution in [0.25, 0.3) is 0 Å². The zero-order valence-corrected chi connectivity index (χ0v) is 12.0. The molecule has 1 rings (SSSR count). The molecular weight excluding hydrogens is 246 g/mol. The molecule has 0 bridgehead atoms. The summed E-state index contributed by atoms with van der Waals surface area (Å²) in [5.74, 6) is 0.378. The fraction of sp³-hybridized carbons (Fsp3) is 0.500. The maximum Gasteiger partial charge on any atom is 0.333 e. The van der Waals surface area contributed by atoms with Gasteiger partial charge in [0.15, 0.2) is 5.54 Å². The molecule has 1 N–H and O–H groups in total. The Morgan fingerprint density at radius 3 is 2.21 bits per heavy atom. The fourth-order valence-corrected chi connectivity index (χ4v) is 1.74. The Hall–Kier alpha value is -1.75. The zero-order chi connectivity index (χ0) is 14.5. The number of carbonyl (C=O) groups is 1. The predicted molar refractivity (Wildman–Crippen MR) is 73.5 cm³/mol. The van der Waals surface area contributed by atoms with Crippen LogP contribution in [0.1, 0.15) is 13.8 Å². The summed E-state index contributed by atoms with van der Waals surface area (Å²) in [5, 5.41) is 3.15. The monoisotopic (exact) mass is 267 g/mol. The Kier molecular flexibility index (Phi) is 5.18. The van der Waals surface area contributed by atoms with Crippen LogP contribution >= 0.6 is 0 Å². The van der Waals surface area contributed by atoms with E-state index in [4.69, 9.17) is 14.2 Å². The van der Waals surface area contributed by atoms with Crippen molar-refractivity contribution in [2.24, 2.45) is 0 Å². The summed E-state index contributed by atoms with van der Waals surface area (Å²) in [6.45, 7) is 3.56. The highest BCUT2D eigenvalue weighted by Gasteiger charge is 2.40. The minimum absolute atomic E-state index is 0.345. The van der Waals surface area contributed by atoms with Gasteiger partial charge in [0.25, 0.3) is 0 Å². The molecule has 1 aromatic carbocycles. The Labute approximate surface area is 113 Å². The molecule has 0 amide bonds. The van der Waals surface area contributed by atoms with E-state index in [1.165, 1.54) is 7.11 Å². The smallest absolute Gasteiger partial charge is 0.333 e. The third-order valence-electron chi connectivity index (χ3n) is 3.27. The third kappa shape index (κ3) is 3.38. The molecule has 0 saturated heterocycles. The van der Waals surface area contributed by atoms with Crippen LogP contribution in [0.2, 0.25) is 0 Å². The molecule has 5 nitrogen and oxygen atoms in total. The van der Waals surface area contributed by atoms with Crippen LogP contribution in [0.5, 0.6) is 5.75 Å². The summed E-state index contributed by atoms with van der Waals surface area (Å²) < 4.78 is 15.2. The van der Waals surface area contributed by atoms with Crippen molar-refractivity contribution in [3.05, 3.63) is 24.3 Å². The van der Waals surface area contributed by atoms with E-state index in [1.54, 1.807) is 21.1 Å². The maximum absolute atomic E-state index is 12.0. The van der Waals surface area contributed by atoms with Gasteiger partial charge in [0.1, 0.15) is 5.75 Å². The normalized spacial score (nSPS) is 15.2. The molecule has 0 heterocycles. The van der Waals surface area contributed by atoms with Gasteiger partial charge in [-0.3, -0.25) is 0 Å². The van der Waals surface area contributed by atoms with E-state index in [-0.39, 0.29) is 12.1 Å². The number of nitrogens with one attached hydrogen (secondary N) is 1. The van der Waals surface area contributed by atoms with Crippen molar-refractivity contribution in [1.82, 2.24) is 0 Å². The summed E-state index contributed by atoms with van der Waals surface area (Å²) in [7, 11) is 4.52. The van der Waals surface area contributed by atoms with E-state index in [2.05, 4.69) is 5.32 Å². The number of esters is 1. The maximum atomic E-state index is 12.0.